The van der Waals surface area contributed by atoms with E-state index in [1.54, 1.807) is 6.07 Å². The number of amides is 1. The fraction of sp³-hybridized carbons (Fsp3) is 0.300. The van der Waals surface area contributed by atoms with Crippen LogP contribution in [0.5, 0.6) is 5.75 Å². The Morgan fingerprint density at radius 1 is 1.14 bits per heavy atom. The maximum absolute atomic E-state index is 12.4. The normalized spacial score (nSPS) is 13.1. The van der Waals surface area contributed by atoms with Gasteiger partial charge < -0.3 is 14.4 Å². The fourth-order valence-electron chi connectivity index (χ4n) is 3.15. The zero-order valence-electron chi connectivity index (χ0n) is 16.0. The summed E-state index contributed by atoms with van der Waals surface area (Å²) in [6.45, 7) is 1.64. The smallest absolute Gasteiger partial charge is 0.344 e. The molecule has 0 saturated carbocycles. The van der Waals surface area contributed by atoms with Crippen molar-refractivity contribution in [3.63, 3.8) is 0 Å². The van der Waals surface area contributed by atoms with Gasteiger partial charge in [-0.1, -0.05) is 25.1 Å². The van der Waals surface area contributed by atoms with Gasteiger partial charge in [-0.3, -0.25) is 4.79 Å². The molecule has 0 aromatic heterocycles. The molecule has 0 atom stereocenters. The van der Waals surface area contributed by atoms with Gasteiger partial charge in [-0.2, -0.15) is 0 Å². The SMILES string of the molecule is CCc1ccccc1OCC(=O)OCC(=O)N1CCc2cc(S(N)(=O)=O)ccc21. The first-order valence-electron chi connectivity index (χ1n) is 9.12. The zero-order valence-corrected chi connectivity index (χ0v) is 16.8. The van der Waals surface area contributed by atoms with Gasteiger partial charge >= 0.3 is 5.97 Å². The summed E-state index contributed by atoms with van der Waals surface area (Å²) < 4.78 is 33.4. The van der Waals surface area contributed by atoms with E-state index in [1.807, 2.05) is 25.1 Å². The molecule has 154 valence electrons. The van der Waals surface area contributed by atoms with Gasteiger partial charge in [0.15, 0.2) is 13.2 Å². The summed E-state index contributed by atoms with van der Waals surface area (Å²) in [5.74, 6) is -0.430. The van der Waals surface area contributed by atoms with Gasteiger partial charge in [-0.05, 0) is 48.2 Å². The van der Waals surface area contributed by atoms with Crippen molar-refractivity contribution in [1.82, 2.24) is 0 Å². The summed E-state index contributed by atoms with van der Waals surface area (Å²) in [5.41, 5.74) is 2.27. The van der Waals surface area contributed by atoms with Gasteiger partial charge in [-0.15, -0.1) is 0 Å². The van der Waals surface area contributed by atoms with Gasteiger partial charge in [-0.25, -0.2) is 18.4 Å². The van der Waals surface area contributed by atoms with Crippen LogP contribution < -0.4 is 14.8 Å². The molecule has 0 unspecified atom stereocenters. The number of primary sulfonamides is 1. The molecule has 0 bridgehead atoms. The second-order valence-electron chi connectivity index (χ2n) is 6.54. The predicted octanol–water partition coefficient (Wildman–Crippen LogP) is 1.41. The molecule has 1 amide bonds. The summed E-state index contributed by atoms with van der Waals surface area (Å²) in [6.07, 6.45) is 1.26. The lowest BCUT2D eigenvalue weighted by Crippen LogP contribution is -2.33. The Morgan fingerprint density at radius 3 is 2.62 bits per heavy atom. The van der Waals surface area contributed by atoms with Crippen LogP contribution >= 0.6 is 0 Å². The van der Waals surface area contributed by atoms with Crippen molar-refractivity contribution in [3.8, 4) is 5.75 Å². The molecular formula is C20H22N2O6S. The van der Waals surface area contributed by atoms with Crippen LogP contribution in [-0.2, 0) is 37.2 Å². The number of carbonyl (C=O) groups excluding carboxylic acids is 2. The summed E-state index contributed by atoms with van der Waals surface area (Å²) >= 11 is 0. The van der Waals surface area contributed by atoms with Crippen LogP contribution in [0.15, 0.2) is 47.4 Å². The lowest BCUT2D eigenvalue weighted by molar-refractivity contribution is -0.149. The quantitative estimate of drug-likeness (QED) is 0.680. The highest BCUT2D eigenvalue weighted by atomic mass is 32.2. The van der Waals surface area contributed by atoms with Crippen molar-refractivity contribution < 1.29 is 27.5 Å². The first-order chi connectivity index (χ1) is 13.8. The van der Waals surface area contributed by atoms with Gasteiger partial charge in [0.25, 0.3) is 5.91 Å². The third-order valence-electron chi connectivity index (χ3n) is 4.63. The van der Waals surface area contributed by atoms with Crippen molar-refractivity contribution in [3.05, 3.63) is 53.6 Å². The summed E-state index contributed by atoms with van der Waals surface area (Å²) in [4.78, 5) is 25.8. The first kappa shape index (κ1) is 20.8. The number of hydrogen-bond donors (Lipinski definition) is 1. The number of anilines is 1. The standard InChI is InChI=1S/C20H22N2O6S/c1-2-14-5-3-4-6-18(14)27-13-20(24)28-12-19(23)22-10-9-15-11-16(29(21,25)26)7-8-17(15)22/h3-8,11H,2,9-10,12-13H2,1H3,(H2,21,25,26). The third-order valence-corrected chi connectivity index (χ3v) is 5.54. The van der Waals surface area contributed by atoms with Gasteiger partial charge in [0.2, 0.25) is 10.0 Å². The van der Waals surface area contributed by atoms with Crippen LogP contribution in [0.25, 0.3) is 0 Å². The van der Waals surface area contributed by atoms with Crippen molar-refractivity contribution in [2.45, 2.75) is 24.7 Å². The number of hydrogen-bond acceptors (Lipinski definition) is 6. The third kappa shape index (κ3) is 4.93. The minimum atomic E-state index is -3.80. The number of para-hydroxylation sites is 1. The number of rotatable bonds is 7. The Morgan fingerprint density at radius 2 is 1.90 bits per heavy atom. The second kappa shape index (κ2) is 8.62. The minimum Gasteiger partial charge on any atom is -0.482 e. The Kier molecular flexibility index (Phi) is 6.19. The molecule has 9 heteroatoms. The van der Waals surface area contributed by atoms with Gasteiger partial charge in [0.1, 0.15) is 5.75 Å². The highest BCUT2D eigenvalue weighted by molar-refractivity contribution is 7.89. The molecule has 0 fully saturated rings. The number of ether oxygens (including phenoxy) is 2. The average molecular weight is 418 g/mol. The lowest BCUT2D eigenvalue weighted by atomic mass is 10.1. The van der Waals surface area contributed by atoms with Crippen LogP contribution in [0.2, 0.25) is 0 Å². The van der Waals surface area contributed by atoms with E-state index in [2.05, 4.69) is 0 Å². The van der Waals surface area contributed by atoms with E-state index < -0.39 is 28.5 Å². The molecule has 2 N–H and O–H groups in total. The first-order valence-corrected chi connectivity index (χ1v) is 10.7. The number of nitrogens with two attached hydrogens (primary N) is 1. The molecule has 0 radical (unpaired) electrons. The predicted molar refractivity (Wildman–Crippen MR) is 106 cm³/mol. The van der Waals surface area contributed by atoms with E-state index >= 15 is 0 Å². The Balaban J connectivity index is 1.55. The molecule has 8 nitrogen and oxygen atoms in total. The molecule has 0 saturated heterocycles. The van der Waals surface area contributed by atoms with Gasteiger partial charge in [0, 0.05) is 12.2 Å². The van der Waals surface area contributed by atoms with Crippen molar-refractivity contribution in [2.75, 3.05) is 24.7 Å². The van der Waals surface area contributed by atoms with Crippen LogP contribution in [0, 0.1) is 0 Å². The molecule has 2 aromatic rings. The monoisotopic (exact) mass is 418 g/mol. The largest absolute Gasteiger partial charge is 0.482 e. The highest BCUT2D eigenvalue weighted by Crippen LogP contribution is 2.30. The molecule has 29 heavy (non-hydrogen) atoms. The molecule has 1 heterocycles. The zero-order chi connectivity index (χ0) is 21.0. The van der Waals surface area contributed by atoms with Crippen molar-refractivity contribution in [1.29, 1.82) is 0 Å². The fourth-order valence-corrected chi connectivity index (χ4v) is 3.71. The maximum Gasteiger partial charge on any atom is 0.344 e. The number of sulfonamides is 1. The van der Waals surface area contributed by atoms with Crippen molar-refractivity contribution >= 4 is 27.6 Å². The number of esters is 1. The molecule has 1 aliphatic heterocycles. The van der Waals surface area contributed by atoms with E-state index in [0.29, 0.717) is 30.0 Å². The summed E-state index contributed by atoms with van der Waals surface area (Å²) in [6, 6.07) is 11.7. The average Bonchev–Trinajstić information content (AvgIpc) is 3.13. The molecule has 0 spiro atoms. The molecule has 3 rings (SSSR count). The maximum atomic E-state index is 12.4. The number of benzene rings is 2. The molecule has 0 aliphatic carbocycles. The number of carbonyl (C=O) groups is 2. The molecule has 1 aliphatic rings. The summed E-state index contributed by atoms with van der Waals surface area (Å²) in [5, 5.41) is 5.14. The van der Waals surface area contributed by atoms with E-state index in [4.69, 9.17) is 14.6 Å². The van der Waals surface area contributed by atoms with Crippen molar-refractivity contribution in [2.24, 2.45) is 5.14 Å². The molecular weight excluding hydrogens is 396 g/mol. The van der Waals surface area contributed by atoms with Crippen LogP contribution in [0.4, 0.5) is 5.69 Å². The minimum absolute atomic E-state index is 0.00138. The lowest BCUT2D eigenvalue weighted by Gasteiger charge is -2.17. The van der Waals surface area contributed by atoms with Crippen LogP contribution in [0.1, 0.15) is 18.1 Å². The summed E-state index contributed by atoms with van der Waals surface area (Å²) in [7, 11) is -3.80. The molecule has 2 aromatic carbocycles. The van der Waals surface area contributed by atoms with E-state index in [-0.39, 0.29) is 11.5 Å². The highest BCUT2D eigenvalue weighted by Gasteiger charge is 2.26. The number of aryl methyl sites for hydroxylation is 1. The number of nitrogens with zero attached hydrogens (tertiary/aromatic N) is 1. The van der Waals surface area contributed by atoms with E-state index in [0.717, 1.165) is 12.0 Å². The van der Waals surface area contributed by atoms with Crippen LogP contribution in [0.3, 0.4) is 0 Å². The topological polar surface area (TPSA) is 116 Å². The number of fused-ring (bicyclic) bond motifs is 1. The van der Waals surface area contributed by atoms with E-state index in [9.17, 15) is 18.0 Å². The van der Waals surface area contributed by atoms with Gasteiger partial charge in [0.05, 0.1) is 4.90 Å². The Hall–Kier alpha value is -2.91. The van der Waals surface area contributed by atoms with E-state index in [1.165, 1.54) is 23.1 Å². The van der Waals surface area contributed by atoms with Crippen LogP contribution in [-0.4, -0.2) is 40.1 Å². The Bertz CT molecular complexity index is 1040. The second-order valence-corrected chi connectivity index (χ2v) is 8.10. The Labute approximate surface area is 169 Å².